The molecule has 0 saturated heterocycles. The van der Waals surface area contributed by atoms with E-state index in [-0.39, 0.29) is 0 Å². The summed E-state index contributed by atoms with van der Waals surface area (Å²) in [5.74, 6) is 0. The molecule has 0 aromatic rings. The lowest BCUT2D eigenvalue weighted by atomic mass is 10.4. The van der Waals surface area contributed by atoms with Gasteiger partial charge in [0.2, 0.25) is 0 Å². The summed E-state index contributed by atoms with van der Waals surface area (Å²) >= 11 is 0. The molecule has 0 amide bonds. The summed E-state index contributed by atoms with van der Waals surface area (Å²) in [6.45, 7) is 3.33. The average Bonchev–Trinajstić information content (AvgIpc) is 1.81. The van der Waals surface area contributed by atoms with Gasteiger partial charge in [0.1, 0.15) is 6.79 Å². The SMILES string of the molecule is CCCCOCOP. The fourth-order valence-corrected chi connectivity index (χ4v) is 0.450. The molecule has 0 aromatic carbocycles. The number of ether oxygens (including phenoxy) is 1. The van der Waals surface area contributed by atoms with Crippen LogP contribution in [0.5, 0.6) is 0 Å². The topological polar surface area (TPSA) is 18.5 Å². The molecule has 0 aliphatic rings. The molecular formula is C5H13O2P. The summed E-state index contributed by atoms with van der Waals surface area (Å²) in [4.78, 5) is 0. The fraction of sp³-hybridized carbons (Fsp3) is 1.00. The van der Waals surface area contributed by atoms with Crippen LogP contribution in [0.1, 0.15) is 19.8 Å². The maximum Gasteiger partial charge on any atom is 0.149 e. The van der Waals surface area contributed by atoms with Gasteiger partial charge in [0, 0.05) is 16.1 Å². The molecule has 0 saturated carbocycles. The average molecular weight is 136 g/mol. The highest BCUT2D eigenvalue weighted by Crippen LogP contribution is 1.89. The molecule has 3 heteroatoms. The molecule has 0 aliphatic carbocycles. The van der Waals surface area contributed by atoms with E-state index in [1.165, 1.54) is 6.42 Å². The third-order valence-electron chi connectivity index (χ3n) is 0.794. The van der Waals surface area contributed by atoms with Crippen LogP contribution < -0.4 is 0 Å². The standard InChI is InChI=1S/C5H13O2P/c1-2-3-4-6-5-7-8/h2-5,8H2,1H3. The van der Waals surface area contributed by atoms with E-state index in [2.05, 4.69) is 20.9 Å². The van der Waals surface area contributed by atoms with E-state index in [9.17, 15) is 0 Å². The van der Waals surface area contributed by atoms with Gasteiger partial charge in [0.05, 0.1) is 0 Å². The van der Waals surface area contributed by atoms with E-state index in [1.54, 1.807) is 0 Å². The zero-order valence-corrected chi connectivity index (χ0v) is 6.38. The van der Waals surface area contributed by atoms with Gasteiger partial charge in [0.15, 0.2) is 0 Å². The van der Waals surface area contributed by atoms with Crippen molar-refractivity contribution in [3.05, 3.63) is 0 Å². The minimum absolute atomic E-state index is 0.394. The van der Waals surface area contributed by atoms with Crippen LogP contribution in [0.4, 0.5) is 0 Å². The molecule has 0 heterocycles. The first-order chi connectivity index (χ1) is 3.91. The Balaban J connectivity index is 2.53. The number of unbranched alkanes of at least 4 members (excludes halogenated alkanes) is 1. The summed E-state index contributed by atoms with van der Waals surface area (Å²) in [5.41, 5.74) is 0. The van der Waals surface area contributed by atoms with Crippen molar-refractivity contribution in [1.82, 2.24) is 0 Å². The second-order valence-corrected chi connectivity index (χ2v) is 1.88. The highest BCUT2D eigenvalue weighted by atomic mass is 31.0. The molecule has 1 unspecified atom stereocenters. The Morgan fingerprint density at radius 2 is 2.25 bits per heavy atom. The Bertz CT molecular complexity index is 35.4. The summed E-state index contributed by atoms with van der Waals surface area (Å²) in [6, 6.07) is 0. The smallest absolute Gasteiger partial charge is 0.149 e. The van der Waals surface area contributed by atoms with Crippen LogP contribution in [-0.4, -0.2) is 13.4 Å². The second-order valence-electron chi connectivity index (χ2n) is 1.55. The first kappa shape index (κ1) is 8.35. The predicted octanol–water partition coefficient (Wildman–Crippen LogP) is 1.57. The van der Waals surface area contributed by atoms with Crippen molar-refractivity contribution in [3.8, 4) is 0 Å². The van der Waals surface area contributed by atoms with Crippen molar-refractivity contribution in [2.24, 2.45) is 0 Å². The summed E-state index contributed by atoms with van der Waals surface area (Å²) < 4.78 is 9.56. The van der Waals surface area contributed by atoms with Gasteiger partial charge in [-0.15, -0.1) is 0 Å². The molecule has 1 atom stereocenters. The molecule has 0 aromatic heterocycles. The Labute approximate surface area is 52.8 Å². The van der Waals surface area contributed by atoms with Crippen LogP contribution in [-0.2, 0) is 9.26 Å². The Morgan fingerprint density at radius 1 is 1.50 bits per heavy atom. The van der Waals surface area contributed by atoms with E-state index in [4.69, 9.17) is 4.74 Å². The lowest BCUT2D eigenvalue weighted by Crippen LogP contribution is -1.94. The highest BCUT2D eigenvalue weighted by molar-refractivity contribution is 7.09. The van der Waals surface area contributed by atoms with E-state index in [0.29, 0.717) is 6.79 Å². The van der Waals surface area contributed by atoms with Crippen LogP contribution >= 0.6 is 9.47 Å². The van der Waals surface area contributed by atoms with Crippen LogP contribution in [0.3, 0.4) is 0 Å². The van der Waals surface area contributed by atoms with E-state index < -0.39 is 0 Å². The number of rotatable bonds is 5. The van der Waals surface area contributed by atoms with Gasteiger partial charge in [-0.25, -0.2) is 0 Å². The van der Waals surface area contributed by atoms with Crippen molar-refractivity contribution in [2.45, 2.75) is 19.8 Å². The lowest BCUT2D eigenvalue weighted by molar-refractivity contribution is 0.0255. The third-order valence-corrected chi connectivity index (χ3v) is 0.930. The predicted molar refractivity (Wildman–Crippen MR) is 36.5 cm³/mol. The molecule has 0 bridgehead atoms. The number of hydrogen-bond acceptors (Lipinski definition) is 2. The molecule has 0 radical (unpaired) electrons. The highest BCUT2D eigenvalue weighted by Gasteiger charge is 1.81. The van der Waals surface area contributed by atoms with Gasteiger partial charge in [0.25, 0.3) is 0 Å². The molecule has 50 valence electrons. The molecule has 0 aliphatic heterocycles. The van der Waals surface area contributed by atoms with Crippen LogP contribution in [0.25, 0.3) is 0 Å². The van der Waals surface area contributed by atoms with Gasteiger partial charge in [-0.05, 0) is 6.42 Å². The monoisotopic (exact) mass is 136 g/mol. The Hall–Kier alpha value is 0.350. The maximum atomic E-state index is 4.98. The molecule has 0 fully saturated rings. The summed E-state index contributed by atoms with van der Waals surface area (Å²) in [6.07, 6.45) is 2.30. The van der Waals surface area contributed by atoms with Gasteiger partial charge in [-0.1, -0.05) is 13.3 Å². The quantitative estimate of drug-likeness (QED) is 0.324. The second kappa shape index (κ2) is 7.35. The Kier molecular flexibility index (Phi) is 7.67. The molecule has 0 N–H and O–H groups in total. The van der Waals surface area contributed by atoms with Crippen molar-refractivity contribution >= 4 is 9.47 Å². The zero-order valence-electron chi connectivity index (χ0n) is 5.22. The van der Waals surface area contributed by atoms with Crippen LogP contribution in [0.15, 0.2) is 0 Å². The van der Waals surface area contributed by atoms with Crippen molar-refractivity contribution in [2.75, 3.05) is 13.4 Å². The van der Waals surface area contributed by atoms with Crippen LogP contribution in [0, 0.1) is 0 Å². The Morgan fingerprint density at radius 3 is 2.75 bits per heavy atom. The third kappa shape index (κ3) is 6.35. The van der Waals surface area contributed by atoms with Gasteiger partial charge in [-0.2, -0.15) is 0 Å². The molecule has 0 spiro atoms. The molecule has 0 rings (SSSR count). The van der Waals surface area contributed by atoms with Gasteiger partial charge in [-0.3, -0.25) is 0 Å². The molecule has 8 heavy (non-hydrogen) atoms. The minimum Gasteiger partial charge on any atom is -0.355 e. The van der Waals surface area contributed by atoms with E-state index >= 15 is 0 Å². The van der Waals surface area contributed by atoms with Gasteiger partial charge >= 0.3 is 0 Å². The van der Waals surface area contributed by atoms with Crippen LogP contribution in [0.2, 0.25) is 0 Å². The largest absolute Gasteiger partial charge is 0.355 e. The zero-order chi connectivity index (χ0) is 6.24. The first-order valence-corrected chi connectivity index (χ1v) is 3.28. The number of hydrogen-bond donors (Lipinski definition) is 0. The van der Waals surface area contributed by atoms with Crippen molar-refractivity contribution < 1.29 is 9.26 Å². The molecule has 2 nitrogen and oxygen atoms in total. The fourth-order valence-electron chi connectivity index (χ4n) is 0.353. The first-order valence-electron chi connectivity index (χ1n) is 2.81. The van der Waals surface area contributed by atoms with Crippen molar-refractivity contribution in [3.63, 3.8) is 0 Å². The lowest BCUT2D eigenvalue weighted by Gasteiger charge is -1.98. The van der Waals surface area contributed by atoms with Crippen molar-refractivity contribution in [1.29, 1.82) is 0 Å². The van der Waals surface area contributed by atoms with E-state index in [0.717, 1.165) is 13.0 Å². The summed E-state index contributed by atoms with van der Waals surface area (Å²) in [7, 11) is 2.14. The maximum absolute atomic E-state index is 4.98. The van der Waals surface area contributed by atoms with E-state index in [1.807, 2.05) is 0 Å². The minimum atomic E-state index is 0.394. The normalized spacial score (nSPS) is 9.75. The molecular weight excluding hydrogens is 123 g/mol. The van der Waals surface area contributed by atoms with Gasteiger partial charge < -0.3 is 9.26 Å². The summed E-state index contributed by atoms with van der Waals surface area (Å²) in [5, 5.41) is 0.